The van der Waals surface area contributed by atoms with E-state index < -0.39 is 5.97 Å². The van der Waals surface area contributed by atoms with E-state index in [1.165, 1.54) is 12.1 Å². The molecule has 2 aromatic heterocycles. The minimum atomic E-state index is -1.13. The third-order valence-electron chi connectivity index (χ3n) is 2.79. The topological polar surface area (TPSA) is 97.4 Å². The molecule has 0 aliphatic rings. The lowest BCUT2D eigenvalue weighted by Gasteiger charge is -2.11. The molecule has 0 bridgehead atoms. The van der Waals surface area contributed by atoms with Crippen molar-refractivity contribution in [3.63, 3.8) is 0 Å². The number of nitrogens with zero attached hydrogens (tertiary/aromatic N) is 2. The summed E-state index contributed by atoms with van der Waals surface area (Å²) >= 11 is 0. The number of hydrogen-bond donors (Lipinski definition) is 2. The highest BCUT2D eigenvalue weighted by molar-refractivity contribution is 5.84. The summed E-state index contributed by atoms with van der Waals surface area (Å²) in [6, 6.07) is 4.64. The summed E-state index contributed by atoms with van der Waals surface area (Å²) in [4.78, 5) is 22.4. The van der Waals surface area contributed by atoms with E-state index in [0.29, 0.717) is 5.76 Å². The van der Waals surface area contributed by atoms with Gasteiger partial charge < -0.3 is 14.8 Å². The van der Waals surface area contributed by atoms with E-state index in [9.17, 15) is 9.59 Å². The van der Waals surface area contributed by atoms with Crippen LogP contribution in [0.2, 0.25) is 0 Å². The molecule has 2 aromatic rings. The molecular formula is C13H15N3O4. The zero-order valence-electron chi connectivity index (χ0n) is 10.9. The molecule has 7 heteroatoms. The van der Waals surface area contributed by atoms with E-state index in [1.54, 1.807) is 23.1 Å². The molecule has 1 atom stereocenters. The summed E-state index contributed by atoms with van der Waals surface area (Å²) in [5.41, 5.74) is 0. The van der Waals surface area contributed by atoms with E-state index in [2.05, 4.69) is 10.4 Å². The Morgan fingerprint density at radius 1 is 1.50 bits per heavy atom. The number of carbonyl (C=O) groups excluding carboxylic acids is 1. The molecule has 20 heavy (non-hydrogen) atoms. The van der Waals surface area contributed by atoms with Crippen LogP contribution < -0.4 is 5.32 Å². The summed E-state index contributed by atoms with van der Waals surface area (Å²) in [5.74, 6) is -1.02. The molecule has 0 fully saturated rings. The van der Waals surface area contributed by atoms with Gasteiger partial charge in [0.05, 0.1) is 12.6 Å². The number of carboxylic acid groups (broad SMARTS) is 1. The lowest BCUT2D eigenvalue weighted by atomic mass is 10.2. The van der Waals surface area contributed by atoms with Crippen LogP contribution in [0.1, 0.15) is 35.7 Å². The monoisotopic (exact) mass is 277 g/mol. The SMILES string of the molecule is C[C@@H](CC(=O)NCc1ccc(C(=O)O)o1)n1cccn1. The number of amides is 1. The van der Waals surface area contributed by atoms with Crippen molar-refractivity contribution in [2.75, 3.05) is 0 Å². The number of aromatic nitrogens is 2. The third kappa shape index (κ3) is 3.47. The molecule has 0 unspecified atom stereocenters. The average molecular weight is 277 g/mol. The first-order valence-electron chi connectivity index (χ1n) is 6.14. The minimum Gasteiger partial charge on any atom is -0.475 e. The molecular weight excluding hydrogens is 262 g/mol. The first-order valence-corrected chi connectivity index (χ1v) is 6.14. The highest BCUT2D eigenvalue weighted by atomic mass is 16.4. The van der Waals surface area contributed by atoms with Crippen molar-refractivity contribution in [2.24, 2.45) is 0 Å². The Morgan fingerprint density at radius 3 is 2.90 bits per heavy atom. The Bertz CT molecular complexity index is 589. The maximum Gasteiger partial charge on any atom is 0.371 e. The standard InChI is InChI=1S/C13H15N3O4/c1-9(16-6-2-5-15-16)7-12(17)14-8-10-3-4-11(20-10)13(18)19/h2-6,9H,7-8H2,1H3,(H,14,17)(H,18,19)/t9-/m0/s1. The molecule has 0 aliphatic heterocycles. The maximum atomic E-state index is 11.8. The summed E-state index contributed by atoms with van der Waals surface area (Å²) in [5, 5.41) is 15.4. The first kappa shape index (κ1) is 13.9. The summed E-state index contributed by atoms with van der Waals surface area (Å²) in [7, 11) is 0. The smallest absolute Gasteiger partial charge is 0.371 e. The molecule has 2 N–H and O–H groups in total. The molecule has 1 amide bonds. The van der Waals surface area contributed by atoms with Gasteiger partial charge >= 0.3 is 5.97 Å². The van der Waals surface area contributed by atoms with Gasteiger partial charge in [-0.25, -0.2) is 4.79 Å². The fraction of sp³-hybridized carbons (Fsp3) is 0.308. The van der Waals surface area contributed by atoms with Crippen molar-refractivity contribution >= 4 is 11.9 Å². The number of carboxylic acids is 1. The Morgan fingerprint density at radius 2 is 2.30 bits per heavy atom. The van der Waals surface area contributed by atoms with Gasteiger partial charge in [0.25, 0.3) is 0 Å². The molecule has 0 radical (unpaired) electrons. The third-order valence-corrected chi connectivity index (χ3v) is 2.79. The fourth-order valence-corrected chi connectivity index (χ4v) is 1.75. The lowest BCUT2D eigenvalue weighted by Crippen LogP contribution is -2.25. The highest BCUT2D eigenvalue weighted by Crippen LogP contribution is 2.10. The molecule has 2 rings (SSSR count). The second-order valence-corrected chi connectivity index (χ2v) is 4.39. The van der Waals surface area contributed by atoms with Crippen LogP contribution in [0.5, 0.6) is 0 Å². The molecule has 2 heterocycles. The Kier molecular flexibility index (Phi) is 4.19. The number of aromatic carboxylic acids is 1. The largest absolute Gasteiger partial charge is 0.475 e. The van der Waals surface area contributed by atoms with E-state index in [1.807, 2.05) is 6.92 Å². The Balaban J connectivity index is 1.81. The minimum absolute atomic E-state index is 0.0452. The van der Waals surface area contributed by atoms with E-state index >= 15 is 0 Å². The Labute approximate surface area is 115 Å². The van der Waals surface area contributed by atoms with Crippen molar-refractivity contribution in [2.45, 2.75) is 25.9 Å². The molecule has 7 nitrogen and oxygen atoms in total. The van der Waals surface area contributed by atoms with Crippen molar-refractivity contribution in [1.29, 1.82) is 0 Å². The van der Waals surface area contributed by atoms with Gasteiger partial charge in [-0.05, 0) is 25.1 Å². The molecule has 0 saturated carbocycles. The van der Waals surface area contributed by atoms with Crippen LogP contribution in [0.25, 0.3) is 0 Å². The molecule has 106 valence electrons. The molecule has 0 saturated heterocycles. The van der Waals surface area contributed by atoms with Gasteiger partial charge in [-0.1, -0.05) is 0 Å². The van der Waals surface area contributed by atoms with Gasteiger partial charge in [0, 0.05) is 18.8 Å². The summed E-state index contributed by atoms with van der Waals surface area (Å²) < 4.78 is 6.74. The van der Waals surface area contributed by atoms with Gasteiger partial charge in [-0.15, -0.1) is 0 Å². The van der Waals surface area contributed by atoms with E-state index in [0.717, 1.165) is 0 Å². The molecule has 0 aromatic carbocycles. The van der Waals surface area contributed by atoms with E-state index in [-0.39, 0.29) is 30.7 Å². The van der Waals surface area contributed by atoms with Crippen LogP contribution in [-0.2, 0) is 11.3 Å². The van der Waals surface area contributed by atoms with Crippen LogP contribution in [0.4, 0.5) is 0 Å². The van der Waals surface area contributed by atoms with Gasteiger partial charge in [-0.2, -0.15) is 5.10 Å². The van der Waals surface area contributed by atoms with Crippen molar-refractivity contribution in [3.05, 3.63) is 42.1 Å². The molecule has 0 spiro atoms. The zero-order valence-corrected chi connectivity index (χ0v) is 10.9. The number of nitrogens with one attached hydrogen (secondary N) is 1. The highest BCUT2D eigenvalue weighted by Gasteiger charge is 2.12. The Hall–Kier alpha value is -2.57. The predicted octanol–water partition coefficient (Wildman–Crippen LogP) is 1.44. The van der Waals surface area contributed by atoms with Gasteiger partial charge in [-0.3, -0.25) is 9.48 Å². The number of carbonyl (C=O) groups is 2. The van der Waals surface area contributed by atoms with Gasteiger partial charge in [0.15, 0.2) is 0 Å². The normalized spacial score (nSPS) is 12.1. The van der Waals surface area contributed by atoms with Crippen LogP contribution in [0, 0.1) is 0 Å². The lowest BCUT2D eigenvalue weighted by molar-refractivity contribution is -0.122. The second kappa shape index (κ2) is 6.05. The van der Waals surface area contributed by atoms with Crippen LogP contribution in [-0.4, -0.2) is 26.8 Å². The quantitative estimate of drug-likeness (QED) is 0.832. The fourth-order valence-electron chi connectivity index (χ4n) is 1.75. The number of rotatable bonds is 6. The van der Waals surface area contributed by atoms with Gasteiger partial charge in [0.1, 0.15) is 5.76 Å². The summed E-state index contributed by atoms with van der Waals surface area (Å²) in [6.45, 7) is 2.06. The average Bonchev–Trinajstić information content (AvgIpc) is 3.07. The van der Waals surface area contributed by atoms with Crippen molar-refractivity contribution in [3.8, 4) is 0 Å². The predicted molar refractivity (Wildman–Crippen MR) is 69.1 cm³/mol. The van der Waals surface area contributed by atoms with Crippen LogP contribution in [0.15, 0.2) is 35.0 Å². The number of hydrogen-bond acceptors (Lipinski definition) is 4. The maximum absolute atomic E-state index is 11.8. The van der Waals surface area contributed by atoms with Gasteiger partial charge in [0.2, 0.25) is 11.7 Å². The zero-order chi connectivity index (χ0) is 14.5. The van der Waals surface area contributed by atoms with Crippen molar-refractivity contribution < 1.29 is 19.1 Å². The van der Waals surface area contributed by atoms with Crippen molar-refractivity contribution in [1.82, 2.24) is 15.1 Å². The van der Waals surface area contributed by atoms with Crippen LogP contribution >= 0.6 is 0 Å². The first-order chi connectivity index (χ1) is 9.56. The van der Waals surface area contributed by atoms with E-state index in [4.69, 9.17) is 9.52 Å². The second-order valence-electron chi connectivity index (χ2n) is 4.39. The molecule has 0 aliphatic carbocycles. The summed E-state index contributed by atoms with van der Waals surface area (Å²) in [6.07, 6.45) is 3.74. The van der Waals surface area contributed by atoms with Crippen LogP contribution in [0.3, 0.4) is 0 Å². The number of furan rings is 1.